The SMILES string of the molecule is Nc1ccc(C(=O)Nc2cccc(-c3nc4c(c(NC5CC5)n3)SCC4)c2)cn1. The van der Waals surface area contributed by atoms with Crippen LogP contribution in [0.2, 0.25) is 0 Å². The molecule has 0 bridgehead atoms. The highest BCUT2D eigenvalue weighted by Gasteiger charge is 2.26. The molecule has 2 aromatic heterocycles. The maximum atomic E-state index is 12.5. The summed E-state index contributed by atoms with van der Waals surface area (Å²) in [6.07, 6.45) is 4.81. The zero-order valence-electron chi connectivity index (χ0n) is 15.7. The van der Waals surface area contributed by atoms with E-state index in [2.05, 4.69) is 15.6 Å². The fourth-order valence-electron chi connectivity index (χ4n) is 3.19. The zero-order chi connectivity index (χ0) is 19.8. The Morgan fingerprint density at radius 1 is 1.17 bits per heavy atom. The van der Waals surface area contributed by atoms with E-state index in [4.69, 9.17) is 15.7 Å². The van der Waals surface area contributed by atoms with Crippen molar-refractivity contribution in [3.05, 3.63) is 53.9 Å². The largest absolute Gasteiger partial charge is 0.384 e. The lowest BCUT2D eigenvalue weighted by Gasteiger charge is -2.12. The summed E-state index contributed by atoms with van der Waals surface area (Å²) >= 11 is 1.82. The molecule has 1 fully saturated rings. The minimum absolute atomic E-state index is 0.239. The van der Waals surface area contributed by atoms with Gasteiger partial charge >= 0.3 is 0 Å². The first-order valence-electron chi connectivity index (χ1n) is 9.59. The van der Waals surface area contributed by atoms with Crippen molar-refractivity contribution in [1.29, 1.82) is 0 Å². The lowest BCUT2D eigenvalue weighted by molar-refractivity contribution is 0.102. The highest BCUT2D eigenvalue weighted by atomic mass is 32.2. The number of fused-ring (bicyclic) bond motifs is 1. The average Bonchev–Trinajstić information content (AvgIpc) is 3.41. The first-order chi connectivity index (χ1) is 14.2. The summed E-state index contributed by atoms with van der Waals surface area (Å²) in [7, 11) is 0. The third-order valence-corrected chi connectivity index (χ3v) is 5.99. The Hall–Kier alpha value is -3.13. The highest BCUT2D eigenvalue weighted by molar-refractivity contribution is 7.99. The predicted octanol–water partition coefficient (Wildman–Crippen LogP) is 3.60. The van der Waals surface area contributed by atoms with Crippen LogP contribution in [0, 0.1) is 0 Å². The Morgan fingerprint density at radius 3 is 2.86 bits per heavy atom. The van der Waals surface area contributed by atoms with Crippen LogP contribution in [0.4, 0.5) is 17.3 Å². The topological polar surface area (TPSA) is 106 Å². The van der Waals surface area contributed by atoms with Gasteiger partial charge in [-0.1, -0.05) is 12.1 Å². The first-order valence-corrected chi connectivity index (χ1v) is 10.6. The van der Waals surface area contributed by atoms with Crippen molar-refractivity contribution in [3.63, 3.8) is 0 Å². The average molecular weight is 404 g/mol. The molecule has 29 heavy (non-hydrogen) atoms. The fourth-order valence-corrected chi connectivity index (χ4v) is 4.25. The summed E-state index contributed by atoms with van der Waals surface area (Å²) in [5.41, 5.74) is 8.69. The zero-order valence-corrected chi connectivity index (χ0v) is 16.5. The summed E-state index contributed by atoms with van der Waals surface area (Å²) in [4.78, 5) is 27.2. The molecule has 0 atom stereocenters. The quantitative estimate of drug-likeness (QED) is 0.597. The van der Waals surface area contributed by atoms with Crippen LogP contribution in [0.25, 0.3) is 11.4 Å². The van der Waals surface area contributed by atoms with Gasteiger partial charge in [0.05, 0.1) is 16.2 Å². The number of nitrogens with two attached hydrogens (primary N) is 1. The van der Waals surface area contributed by atoms with Crippen molar-refractivity contribution in [1.82, 2.24) is 15.0 Å². The number of pyridine rings is 1. The Balaban J connectivity index is 1.42. The molecular formula is C21H20N6OS. The fraction of sp³-hybridized carbons (Fsp3) is 0.238. The van der Waals surface area contributed by atoms with Gasteiger partial charge in [0.2, 0.25) is 0 Å². The monoisotopic (exact) mass is 404 g/mol. The van der Waals surface area contributed by atoms with Crippen LogP contribution >= 0.6 is 11.8 Å². The molecule has 1 aliphatic heterocycles. The summed E-state index contributed by atoms with van der Waals surface area (Å²) in [6.45, 7) is 0. The Bertz CT molecular complexity index is 1080. The van der Waals surface area contributed by atoms with Gasteiger partial charge in [-0.15, -0.1) is 11.8 Å². The number of thioether (sulfide) groups is 1. The van der Waals surface area contributed by atoms with Crippen molar-refractivity contribution in [2.24, 2.45) is 0 Å². The number of hydrogen-bond acceptors (Lipinski definition) is 7. The van der Waals surface area contributed by atoms with Gasteiger partial charge in [0, 0.05) is 35.7 Å². The van der Waals surface area contributed by atoms with Gasteiger partial charge in [0.25, 0.3) is 5.91 Å². The van der Waals surface area contributed by atoms with E-state index in [-0.39, 0.29) is 5.91 Å². The number of aromatic nitrogens is 3. The maximum Gasteiger partial charge on any atom is 0.257 e. The number of aryl methyl sites for hydroxylation is 1. The van der Waals surface area contributed by atoms with Crippen LogP contribution in [-0.4, -0.2) is 32.7 Å². The lowest BCUT2D eigenvalue weighted by Crippen LogP contribution is -2.12. The molecule has 0 unspecified atom stereocenters. The molecule has 7 nitrogen and oxygen atoms in total. The minimum Gasteiger partial charge on any atom is -0.384 e. The minimum atomic E-state index is -0.239. The molecule has 1 aliphatic carbocycles. The van der Waals surface area contributed by atoms with E-state index in [1.165, 1.54) is 23.9 Å². The molecule has 3 aromatic rings. The van der Waals surface area contributed by atoms with Gasteiger partial charge in [-0.25, -0.2) is 15.0 Å². The van der Waals surface area contributed by atoms with Crippen LogP contribution in [0.3, 0.4) is 0 Å². The van der Waals surface area contributed by atoms with Crippen molar-refractivity contribution in [3.8, 4) is 11.4 Å². The number of carbonyl (C=O) groups is 1. The number of amides is 1. The van der Waals surface area contributed by atoms with E-state index in [1.54, 1.807) is 12.1 Å². The van der Waals surface area contributed by atoms with E-state index in [1.807, 2.05) is 36.0 Å². The Labute approximate surface area is 172 Å². The molecule has 1 saturated carbocycles. The van der Waals surface area contributed by atoms with Crippen molar-refractivity contribution in [2.75, 3.05) is 22.1 Å². The second kappa shape index (κ2) is 7.36. The molecule has 4 N–H and O–H groups in total. The van der Waals surface area contributed by atoms with Gasteiger partial charge in [-0.05, 0) is 37.1 Å². The van der Waals surface area contributed by atoms with E-state index in [0.717, 1.165) is 29.2 Å². The molecule has 0 radical (unpaired) electrons. The second-order valence-corrected chi connectivity index (χ2v) is 8.30. The lowest BCUT2D eigenvalue weighted by atomic mass is 10.1. The van der Waals surface area contributed by atoms with Gasteiger partial charge in [-0.3, -0.25) is 4.79 Å². The Kier molecular flexibility index (Phi) is 4.55. The van der Waals surface area contributed by atoms with Crippen LogP contribution in [-0.2, 0) is 6.42 Å². The molecule has 8 heteroatoms. The van der Waals surface area contributed by atoms with Crippen LogP contribution < -0.4 is 16.4 Å². The van der Waals surface area contributed by atoms with Crippen LogP contribution in [0.5, 0.6) is 0 Å². The first kappa shape index (κ1) is 17.9. The van der Waals surface area contributed by atoms with E-state index in [0.29, 0.717) is 28.9 Å². The van der Waals surface area contributed by atoms with Crippen molar-refractivity contribution in [2.45, 2.75) is 30.2 Å². The van der Waals surface area contributed by atoms with Crippen LogP contribution in [0.15, 0.2) is 47.5 Å². The van der Waals surface area contributed by atoms with Gasteiger partial charge in [0.1, 0.15) is 11.6 Å². The highest BCUT2D eigenvalue weighted by Crippen LogP contribution is 2.39. The van der Waals surface area contributed by atoms with Crippen molar-refractivity contribution < 1.29 is 4.79 Å². The molecule has 1 amide bonds. The standard InChI is InChI=1S/C21H20N6OS/c22-17-7-4-13(11-23-17)21(28)25-15-3-1-2-12(10-15)19-26-16-8-9-29-18(16)20(27-19)24-14-5-6-14/h1-4,7,10-11,14H,5-6,8-9H2,(H2,22,23)(H,25,28)(H,24,26,27). The smallest absolute Gasteiger partial charge is 0.257 e. The number of nitrogens with zero attached hydrogens (tertiary/aromatic N) is 3. The number of anilines is 3. The molecule has 0 spiro atoms. The second-order valence-electron chi connectivity index (χ2n) is 7.20. The van der Waals surface area contributed by atoms with E-state index < -0.39 is 0 Å². The van der Waals surface area contributed by atoms with Gasteiger partial charge in [0.15, 0.2) is 5.82 Å². The molecule has 5 rings (SSSR count). The van der Waals surface area contributed by atoms with E-state index in [9.17, 15) is 4.79 Å². The Morgan fingerprint density at radius 2 is 2.07 bits per heavy atom. The number of nitrogen functional groups attached to an aromatic ring is 1. The molecule has 146 valence electrons. The molecule has 2 aliphatic rings. The number of hydrogen-bond donors (Lipinski definition) is 3. The van der Waals surface area contributed by atoms with Crippen LogP contribution in [0.1, 0.15) is 28.9 Å². The summed E-state index contributed by atoms with van der Waals surface area (Å²) in [5.74, 6) is 2.80. The third-order valence-electron chi connectivity index (χ3n) is 4.87. The number of benzene rings is 1. The molecular weight excluding hydrogens is 384 g/mol. The summed E-state index contributed by atoms with van der Waals surface area (Å²) in [5, 5.41) is 6.44. The number of carbonyl (C=O) groups excluding carboxylic acids is 1. The third kappa shape index (κ3) is 3.88. The normalized spacial score (nSPS) is 15.0. The van der Waals surface area contributed by atoms with Crippen molar-refractivity contribution >= 4 is 35.0 Å². The molecule has 1 aromatic carbocycles. The predicted molar refractivity (Wildman–Crippen MR) is 115 cm³/mol. The molecule has 0 saturated heterocycles. The van der Waals surface area contributed by atoms with Gasteiger partial charge in [-0.2, -0.15) is 0 Å². The van der Waals surface area contributed by atoms with E-state index >= 15 is 0 Å². The van der Waals surface area contributed by atoms with Gasteiger partial charge < -0.3 is 16.4 Å². The number of rotatable bonds is 5. The molecule has 3 heterocycles. The number of nitrogens with one attached hydrogen (secondary N) is 2. The summed E-state index contributed by atoms with van der Waals surface area (Å²) < 4.78 is 0. The summed E-state index contributed by atoms with van der Waals surface area (Å²) in [6, 6.07) is 11.4. The maximum absolute atomic E-state index is 12.5.